The minimum atomic E-state index is -0.414. The zero-order valence-electron chi connectivity index (χ0n) is 17.6. The molecular weight excluding hydrogens is 388 g/mol. The molecule has 30 heavy (non-hydrogen) atoms. The van der Waals surface area contributed by atoms with Crippen molar-refractivity contribution in [1.29, 1.82) is 0 Å². The quantitative estimate of drug-likeness (QED) is 0.287. The van der Waals surface area contributed by atoms with Gasteiger partial charge in [-0.1, -0.05) is 30.8 Å². The van der Waals surface area contributed by atoms with Gasteiger partial charge in [0, 0.05) is 16.3 Å². The molecule has 0 aliphatic carbocycles. The number of hydrogen-bond acceptors (Lipinski definition) is 7. The summed E-state index contributed by atoms with van der Waals surface area (Å²) >= 11 is 0. The fourth-order valence-electron chi connectivity index (χ4n) is 2.76. The number of ether oxygens (including phenoxy) is 5. The standard InChI is InChI=1S/C23H30O7/c1-17(2)23(25)30-15-13-27-11-10-26-12-14-29-22-18(3)16-21(28-9-8-24)19-6-4-5-7-20(19)22/h4-7,16,24H,1,8-15H2,2-3H3. The van der Waals surface area contributed by atoms with Crippen LogP contribution >= 0.6 is 0 Å². The van der Waals surface area contributed by atoms with Crippen LogP contribution in [0.15, 0.2) is 42.5 Å². The average molecular weight is 418 g/mol. The van der Waals surface area contributed by atoms with Gasteiger partial charge >= 0.3 is 5.97 Å². The minimum Gasteiger partial charge on any atom is -0.491 e. The van der Waals surface area contributed by atoms with E-state index in [1.807, 2.05) is 37.3 Å². The van der Waals surface area contributed by atoms with Crippen LogP contribution in [0.5, 0.6) is 11.5 Å². The van der Waals surface area contributed by atoms with Gasteiger partial charge in [0.2, 0.25) is 0 Å². The monoisotopic (exact) mass is 418 g/mol. The van der Waals surface area contributed by atoms with Crippen LogP contribution in [0.2, 0.25) is 0 Å². The molecule has 1 N–H and O–H groups in total. The first-order valence-corrected chi connectivity index (χ1v) is 9.91. The first-order valence-electron chi connectivity index (χ1n) is 9.91. The Labute approximate surface area is 177 Å². The van der Waals surface area contributed by atoms with Gasteiger partial charge in [-0.05, 0) is 25.5 Å². The summed E-state index contributed by atoms with van der Waals surface area (Å²) in [5.74, 6) is 1.11. The van der Waals surface area contributed by atoms with Crippen molar-refractivity contribution in [2.75, 3.05) is 52.9 Å². The molecular formula is C23H30O7. The molecule has 2 rings (SSSR count). The summed E-state index contributed by atoms with van der Waals surface area (Å²) in [6, 6.07) is 9.76. The van der Waals surface area contributed by atoms with Crippen molar-refractivity contribution >= 4 is 16.7 Å². The molecule has 2 aromatic rings. The molecule has 0 bridgehead atoms. The van der Waals surface area contributed by atoms with Crippen LogP contribution in [0.25, 0.3) is 10.8 Å². The lowest BCUT2D eigenvalue weighted by Gasteiger charge is -2.16. The number of aliphatic hydroxyl groups is 1. The van der Waals surface area contributed by atoms with Gasteiger partial charge in [0.25, 0.3) is 0 Å². The molecule has 0 saturated heterocycles. The number of esters is 1. The highest BCUT2D eigenvalue weighted by Crippen LogP contribution is 2.36. The van der Waals surface area contributed by atoms with Gasteiger partial charge in [0.05, 0.1) is 33.0 Å². The van der Waals surface area contributed by atoms with Crippen LogP contribution in [0, 0.1) is 6.92 Å². The zero-order chi connectivity index (χ0) is 21.8. The molecule has 0 radical (unpaired) electrons. The van der Waals surface area contributed by atoms with Gasteiger partial charge in [-0.25, -0.2) is 4.79 Å². The summed E-state index contributed by atoms with van der Waals surface area (Å²) in [5.41, 5.74) is 1.32. The van der Waals surface area contributed by atoms with Crippen LogP contribution < -0.4 is 9.47 Å². The lowest BCUT2D eigenvalue weighted by molar-refractivity contribution is -0.140. The maximum absolute atomic E-state index is 11.2. The van der Waals surface area contributed by atoms with Crippen molar-refractivity contribution in [1.82, 2.24) is 0 Å². The molecule has 0 atom stereocenters. The summed E-state index contributed by atoms with van der Waals surface area (Å²) in [4.78, 5) is 11.2. The lowest BCUT2D eigenvalue weighted by atomic mass is 10.0. The summed E-state index contributed by atoms with van der Waals surface area (Å²) in [6.45, 7) is 9.44. The third kappa shape index (κ3) is 7.33. The SMILES string of the molecule is C=C(C)C(=O)OCCOCCOCCOc1c(C)cc(OCCO)c2ccccc12. The maximum atomic E-state index is 11.2. The zero-order valence-corrected chi connectivity index (χ0v) is 17.6. The molecule has 0 heterocycles. The third-order valence-corrected chi connectivity index (χ3v) is 4.15. The predicted molar refractivity (Wildman–Crippen MR) is 114 cm³/mol. The number of carbonyl (C=O) groups is 1. The molecule has 7 nitrogen and oxygen atoms in total. The van der Waals surface area contributed by atoms with Gasteiger partial charge in [-0.15, -0.1) is 0 Å². The van der Waals surface area contributed by atoms with Crippen LogP contribution in [-0.2, 0) is 19.0 Å². The van der Waals surface area contributed by atoms with E-state index in [4.69, 9.17) is 28.8 Å². The van der Waals surface area contributed by atoms with Crippen molar-refractivity contribution in [2.24, 2.45) is 0 Å². The average Bonchev–Trinajstić information content (AvgIpc) is 2.74. The van der Waals surface area contributed by atoms with E-state index < -0.39 is 5.97 Å². The van der Waals surface area contributed by atoms with Gasteiger partial charge in [-0.3, -0.25) is 0 Å². The summed E-state index contributed by atoms with van der Waals surface area (Å²) in [6.07, 6.45) is 0. The highest BCUT2D eigenvalue weighted by molar-refractivity contribution is 5.94. The number of aryl methyl sites for hydroxylation is 1. The van der Waals surface area contributed by atoms with Gasteiger partial charge < -0.3 is 28.8 Å². The van der Waals surface area contributed by atoms with E-state index in [0.29, 0.717) is 38.6 Å². The highest BCUT2D eigenvalue weighted by Gasteiger charge is 2.11. The number of benzene rings is 2. The number of aliphatic hydroxyl groups excluding tert-OH is 1. The summed E-state index contributed by atoms with van der Waals surface area (Å²) in [5, 5.41) is 10.9. The molecule has 0 aliphatic heterocycles. The Morgan fingerprint density at radius 1 is 0.933 bits per heavy atom. The molecule has 0 saturated carbocycles. The number of fused-ring (bicyclic) bond motifs is 1. The van der Waals surface area contributed by atoms with E-state index in [9.17, 15) is 4.79 Å². The van der Waals surface area contributed by atoms with Crippen molar-refractivity contribution in [3.05, 3.63) is 48.0 Å². The Balaban J connectivity index is 1.72. The second kappa shape index (κ2) is 12.8. The van der Waals surface area contributed by atoms with E-state index in [1.165, 1.54) is 0 Å². The smallest absolute Gasteiger partial charge is 0.333 e. The Morgan fingerprint density at radius 2 is 1.57 bits per heavy atom. The van der Waals surface area contributed by atoms with Crippen LogP contribution in [0.4, 0.5) is 0 Å². The number of rotatable bonds is 14. The van der Waals surface area contributed by atoms with E-state index in [-0.39, 0.29) is 19.8 Å². The largest absolute Gasteiger partial charge is 0.491 e. The molecule has 0 spiro atoms. The van der Waals surface area contributed by atoms with Crippen LogP contribution in [0.1, 0.15) is 12.5 Å². The second-order valence-electron chi connectivity index (χ2n) is 6.63. The van der Waals surface area contributed by atoms with Crippen molar-refractivity contribution in [3.63, 3.8) is 0 Å². The Kier molecular flexibility index (Phi) is 10.1. The van der Waals surface area contributed by atoms with Crippen molar-refractivity contribution in [2.45, 2.75) is 13.8 Å². The molecule has 0 unspecified atom stereocenters. The number of hydrogen-bond donors (Lipinski definition) is 1. The normalized spacial score (nSPS) is 10.8. The number of carbonyl (C=O) groups excluding carboxylic acids is 1. The minimum absolute atomic E-state index is 0.0354. The first-order chi connectivity index (χ1) is 14.5. The first kappa shape index (κ1) is 23.7. The van der Waals surface area contributed by atoms with Crippen molar-refractivity contribution < 1.29 is 33.6 Å². The molecule has 0 aliphatic rings. The third-order valence-electron chi connectivity index (χ3n) is 4.15. The molecule has 2 aromatic carbocycles. The van der Waals surface area contributed by atoms with E-state index in [2.05, 4.69) is 6.58 Å². The van der Waals surface area contributed by atoms with Crippen LogP contribution in [0.3, 0.4) is 0 Å². The molecule has 164 valence electrons. The molecule has 0 aromatic heterocycles. The summed E-state index contributed by atoms with van der Waals surface area (Å²) in [7, 11) is 0. The van der Waals surface area contributed by atoms with Gasteiger partial charge in [0.1, 0.15) is 31.3 Å². The van der Waals surface area contributed by atoms with Gasteiger partial charge in [-0.2, -0.15) is 0 Å². The van der Waals surface area contributed by atoms with Crippen LogP contribution in [-0.4, -0.2) is 63.9 Å². The van der Waals surface area contributed by atoms with E-state index in [1.54, 1.807) is 6.92 Å². The fourth-order valence-corrected chi connectivity index (χ4v) is 2.76. The predicted octanol–water partition coefficient (Wildman–Crippen LogP) is 3.05. The Hall–Kier alpha value is -2.61. The Bertz CT molecular complexity index is 832. The topological polar surface area (TPSA) is 83.5 Å². The van der Waals surface area contributed by atoms with Gasteiger partial charge in [0.15, 0.2) is 0 Å². The van der Waals surface area contributed by atoms with E-state index >= 15 is 0 Å². The fraction of sp³-hybridized carbons (Fsp3) is 0.435. The summed E-state index contributed by atoms with van der Waals surface area (Å²) < 4.78 is 27.4. The molecule has 0 fully saturated rings. The van der Waals surface area contributed by atoms with E-state index in [0.717, 1.165) is 27.8 Å². The maximum Gasteiger partial charge on any atom is 0.333 e. The second-order valence-corrected chi connectivity index (χ2v) is 6.63. The Morgan fingerprint density at radius 3 is 2.23 bits per heavy atom. The highest BCUT2D eigenvalue weighted by atomic mass is 16.6. The molecule has 7 heteroatoms. The molecule has 0 amide bonds. The lowest BCUT2D eigenvalue weighted by Crippen LogP contribution is -2.14. The van der Waals surface area contributed by atoms with Crippen molar-refractivity contribution in [3.8, 4) is 11.5 Å².